The van der Waals surface area contributed by atoms with Gasteiger partial charge in [-0.1, -0.05) is 34.6 Å². The van der Waals surface area contributed by atoms with Crippen molar-refractivity contribution in [2.24, 2.45) is 11.7 Å². The average molecular weight is 418 g/mol. The van der Waals surface area contributed by atoms with E-state index in [2.05, 4.69) is 26.1 Å². The van der Waals surface area contributed by atoms with Crippen LogP contribution in [0.4, 0.5) is 18.9 Å². The van der Waals surface area contributed by atoms with E-state index < -0.39 is 23.7 Å². The second kappa shape index (κ2) is 12.3. The molecule has 0 aliphatic carbocycles. The lowest BCUT2D eigenvalue weighted by atomic mass is 10.1. The van der Waals surface area contributed by atoms with Gasteiger partial charge in [0.05, 0.1) is 12.1 Å². The number of nitrogens with one attached hydrogen (secondary N) is 1. The first-order valence-corrected chi connectivity index (χ1v) is 9.93. The summed E-state index contributed by atoms with van der Waals surface area (Å²) in [5.41, 5.74) is 5.11. The van der Waals surface area contributed by atoms with Crippen molar-refractivity contribution in [2.75, 3.05) is 18.4 Å². The summed E-state index contributed by atoms with van der Waals surface area (Å²) in [6.07, 6.45) is -3.25. The highest BCUT2D eigenvalue weighted by Gasteiger charge is 2.33. The number of likely N-dealkylation sites (tertiary alicyclic amines) is 1. The number of aryl methyl sites for hydroxylation is 1. The second-order valence-corrected chi connectivity index (χ2v) is 7.32. The molecule has 1 heterocycles. The number of hydrogen-bond donors (Lipinski definition) is 2. The molecule has 0 unspecified atom stereocenters. The second-order valence-electron chi connectivity index (χ2n) is 7.32. The monoisotopic (exact) mass is 417 g/mol. The zero-order valence-corrected chi connectivity index (χ0v) is 18.2. The number of alkyl halides is 3. The molecule has 1 saturated heterocycles. The number of amides is 2. The average Bonchev–Trinajstić information content (AvgIpc) is 3.10. The number of primary amides is 1. The van der Waals surface area contributed by atoms with Crippen LogP contribution in [0.3, 0.4) is 0 Å². The number of nitrogens with two attached hydrogens (primary N) is 1. The molecule has 0 bridgehead atoms. The molecule has 1 aliphatic rings. The molecule has 0 radical (unpaired) electrons. The Morgan fingerprint density at radius 3 is 2.24 bits per heavy atom. The Morgan fingerprint density at radius 1 is 1.21 bits per heavy atom. The lowest BCUT2D eigenvalue weighted by Gasteiger charge is -2.22. The smallest absolute Gasteiger partial charge is 0.376 e. The topological polar surface area (TPSA) is 75.4 Å². The van der Waals surface area contributed by atoms with Gasteiger partial charge in [-0.15, -0.1) is 0 Å². The molecule has 5 nitrogen and oxygen atoms in total. The summed E-state index contributed by atoms with van der Waals surface area (Å²) in [4.78, 5) is 24.8. The van der Waals surface area contributed by atoms with Crippen molar-refractivity contribution >= 4 is 17.5 Å². The van der Waals surface area contributed by atoms with Crippen molar-refractivity contribution in [3.63, 3.8) is 0 Å². The van der Waals surface area contributed by atoms with Crippen molar-refractivity contribution in [1.82, 2.24) is 4.90 Å². The van der Waals surface area contributed by atoms with Gasteiger partial charge in [0.2, 0.25) is 11.8 Å². The summed E-state index contributed by atoms with van der Waals surface area (Å²) in [6.45, 7) is 12.3. The minimum Gasteiger partial charge on any atom is -0.376 e. The van der Waals surface area contributed by atoms with Gasteiger partial charge in [-0.25, -0.2) is 0 Å². The quantitative estimate of drug-likeness (QED) is 0.752. The van der Waals surface area contributed by atoms with Gasteiger partial charge < -0.3 is 16.0 Å². The zero-order chi connectivity index (χ0) is 22.8. The number of carbonyl (C=O) groups is 2. The van der Waals surface area contributed by atoms with Gasteiger partial charge in [-0.3, -0.25) is 9.59 Å². The number of anilines is 1. The minimum atomic E-state index is -4.45. The summed E-state index contributed by atoms with van der Waals surface area (Å²) in [7, 11) is 0. The highest BCUT2D eigenvalue weighted by atomic mass is 19.4. The van der Waals surface area contributed by atoms with Crippen LogP contribution in [0.1, 0.15) is 58.6 Å². The molecular formula is C21H34F3N3O2. The summed E-state index contributed by atoms with van der Waals surface area (Å²) in [6, 6.07) is 2.89. The normalized spacial score (nSPS) is 15.8. The van der Waals surface area contributed by atoms with E-state index in [0.717, 1.165) is 18.1 Å². The molecule has 0 saturated carbocycles. The van der Waals surface area contributed by atoms with E-state index in [9.17, 15) is 22.8 Å². The third-order valence-electron chi connectivity index (χ3n) is 3.75. The SMILES string of the molecule is CC.CC(C)C.Cc1cc(NCC(=O)N2CCC[C@H]2C(N)=O)cc(C(F)(F)F)c1. The zero-order valence-electron chi connectivity index (χ0n) is 18.2. The van der Waals surface area contributed by atoms with Crippen LogP contribution in [0, 0.1) is 12.8 Å². The molecule has 1 atom stereocenters. The fraction of sp³-hybridized carbons (Fsp3) is 0.619. The Bertz CT molecular complexity index is 658. The van der Waals surface area contributed by atoms with Crippen LogP contribution in [-0.4, -0.2) is 35.8 Å². The van der Waals surface area contributed by atoms with Crippen LogP contribution < -0.4 is 11.1 Å². The molecule has 0 aromatic heterocycles. The van der Waals surface area contributed by atoms with Crippen LogP contribution in [0.2, 0.25) is 0 Å². The molecule has 1 aromatic rings. The molecule has 3 N–H and O–H groups in total. The molecule has 2 amide bonds. The maximum Gasteiger partial charge on any atom is 0.416 e. The molecule has 1 aliphatic heterocycles. The lowest BCUT2D eigenvalue weighted by molar-refractivity contribution is -0.137. The third-order valence-corrected chi connectivity index (χ3v) is 3.75. The Morgan fingerprint density at radius 2 is 1.76 bits per heavy atom. The van der Waals surface area contributed by atoms with Gasteiger partial charge in [0.15, 0.2) is 0 Å². The van der Waals surface area contributed by atoms with E-state index in [0.29, 0.717) is 24.9 Å². The van der Waals surface area contributed by atoms with Gasteiger partial charge in [0.1, 0.15) is 6.04 Å². The first-order chi connectivity index (χ1) is 13.4. The van der Waals surface area contributed by atoms with Crippen LogP contribution in [0.15, 0.2) is 18.2 Å². The van der Waals surface area contributed by atoms with Crippen molar-refractivity contribution in [3.05, 3.63) is 29.3 Å². The number of rotatable bonds is 4. The highest BCUT2D eigenvalue weighted by Crippen LogP contribution is 2.31. The highest BCUT2D eigenvalue weighted by molar-refractivity contribution is 5.89. The molecule has 8 heteroatoms. The van der Waals surface area contributed by atoms with Crippen LogP contribution in [0.5, 0.6) is 0 Å². The number of carbonyl (C=O) groups excluding carboxylic acids is 2. The van der Waals surface area contributed by atoms with Crippen LogP contribution in [0.25, 0.3) is 0 Å². The molecule has 2 rings (SSSR count). The molecule has 1 aromatic carbocycles. The maximum atomic E-state index is 12.8. The van der Waals surface area contributed by atoms with E-state index in [4.69, 9.17) is 5.73 Å². The van der Waals surface area contributed by atoms with E-state index in [-0.39, 0.29) is 18.1 Å². The van der Waals surface area contributed by atoms with Gasteiger partial charge in [0, 0.05) is 12.2 Å². The minimum absolute atomic E-state index is 0.190. The molecule has 0 spiro atoms. The van der Waals surface area contributed by atoms with Crippen molar-refractivity contribution < 1.29 is 22.8 Å². The van der Waals surface area contributed by atoms with E-state index in [1.54, 1.807) is 6.92 Å². The number of hydrogen-bond acceptors (Lipinski definition) is 3. The standard InChI is InChI=1S/C15H18F3N3O2.C4H10.C2H6/c1-9-5-10(15(16,17)18)7-11(6-9)20-8-13(22)21-4-2-3-12(21)14(19)23;1-4(2)3;1-2/h5-7,12,20H,2-4,8H2,1H3,(H2,19,23);4H,1-3H3;1-2H3/t12-;;/m0../s1. The summed E-state index contributed by atoms with van der Waals surface area (Å²) in [5.74, 6) is -0.0906. The van der Waals surface area contributed by atoms with Crippen molar-refractivity contribution in [2.45, 2.75) is 66.6 Å². The fourth-order valence-corrected chi connectivity index (χ4v) is 2.69. The van der Waals surface area contributed by atoms with Crippen molar-refractivity contribution in [1.29, 1.82) is 0 Å². The van der Waals surface area contributed by atoms with E-state index in [1.165, 1.54) is 11.0 Å². The van der Waals surface area contributed by atoms with E-state index >= 15 is 0 Å². The van der Waals surface area contributed by atoms with E-state index in [1.807, 2.05) is 13.8 Å². The van der Waals surface area contributed by atoms with Gasteiger partial charge in [-0.2, -0.15) is 13.2 Å². The third kappa shape index (κ3) is 9.67. The van der Waals surface area contributed by atoms with Gasteiger partial charge in [-0.05, 0) is 49.4 Å². The van der Waals surface area contributed by atoms with Gasteiger partial charge >= 0.3 is 6.18 Å². The first-order valence-electron chi connectivity index (χ1n) is 9.93. The van der Waals surface area contributed by atoms with Gasteiger partial charge in [0.25, 0.3) is 0 Å². The predicted molar refractivity (Wildman–Crippen MR) is 110 cm³/mol. The number of benzene rings is 1. The summed E-state index contributed by atoms with van der Waals surface area (Å²) >= 11 is 0. The Kier molecular flexibility index (Phi) is 11.4. The summed E-state index contributed by atoms with van der Waals surface area (Å²) < 4.78 is 38.3. The molecule has 29 heavy (non-hydrogen) atoms. The first kappa shape index (κ1) is 26.8. The van der Waals surface area contributed by atoms with Crippen molar-refractivity contribution in [3.8, 4) is 0 Å². The number of nitrogens with zero attached hydrogens (tertiary/aromatic N) is 1. The Labute approximate surface area is 171 Å². The predicted octanol–water partition coefficient (Wildman–Crippen LogP) is 4.59. The Hall–Kier alpha value is -2.25. The molecule has 166 valence electrons. The number of halogens is 3. The lowest BCUT2D eigenvalue weighted by Crippen LogP contribution is -2.45. The molecule has 1 fully saturated rings. The largest absolute Gasteiger partial charge is 0.416 e. The fourth-order valence-electron chi connectivity index (χ4n) is 2.69. The van der Waals surface area contributed by atoms with Crippen LogP contribution >= 0.6 is 0 Å². The maximum absolute atomic E-state index is 12.8. The summed E-state index contributed by atoms with van der Waals surface area (Å²) in [5, 5.41) is 2.69. The van der Waals surface area contributed by atoms with Crippen LogP contribution in [-0.2, 0) is 15.8 Å². The Balaban J connectivity index is 0.00000116. The molecular weight excluding hydrogens is 383 g/mol.